The van der Waals surface area contributed by atoms with Gasteiger partial charge in [0.15, 0.2) is 5.13 Å². The molecule has 0 unspecified atom stereocenters. The van der Waals surface area contributed by atoms with E-state index in [1.807, 2.05) is 0 Å². The number of carbonyl (C=O) groups is 1. The molecule has 2 aromatic rings. The first-order valence-electron chi connectivity index (χ1n) is 4.64. The van der Waals surface area contributed by atoms with Crippen molar-refractivity contribution in [2.24, 2.45) is 0 Å². The second-order valence-corrected chi connectivity index (χ2v) is 3.87. The van der Waals surface area contributed by atoms with Crippen molar-refractivity contribution in [2.75, 3.05) is 17.7 Å². The number of anilines is 2. The number of aromatic nitrogens is 2. The Bertz CT molecular complexity index is 483. The van der Waals surface area contributed by atoms with Gasteiger partial charge in [0.05, 0.1) is 0 Å². The van der Waals surface area contributed by atoms with E-state index in [-0.39, 0.29) is 5.91 Å². The second kappa shape index (κ2) is 4.71. The van der Waals surface area contributed by atoms with Crippen LogP contribution in [0.25, 0.3) is 0 Å². The number of nitrogens with one attached hydrogen (secondary N) is 2. The number of nitrogens with zero attached hydrogens (tertiary/aromatic N) is 2. The van der Waals surface area contributed by atoms with E-state index in [2.05, 4.69) is 20.6 Å². The van der Waals surface area contributed by atoms with Gasteiger partial charge in [-0.1, -0.05) is 0 Å². The zero-order valence-electron chi connectivity index (χ0n) is 8.60. The summed E-state index contributed by atoms with van der Waals surface area (Å²) >= 11 is 1.38. The molecule has 0 atom stereocenters. The van der Waals surface area contributed by atoms with E-state index in [1.54, 1.807) is 37.0 Å². The van der Waals surface area contributed by atoms with Crippen LogP contribution >= 0.6 is 11.3 Å². The predicted molar refractivity (Wildman–Crippen MR) is 63.9 cm³/mol. The molecule has 0 aromatic carbocycles. The fourth-order valence-corrected chi connectivity index (χ4v) is 1.69. The number of pyridine rings is 1. The fraction of sp³-hybridized carbons (Fsp3) is 0.100. The van der Waals surface area contributed by atoms with Crippen LogP contribution in [0.4, 0.5) is 10.9 Å². The Kier molecular flexibility index (Phi) is 3.11. The van der Waals surface area contributed by atoms with E-state index in [4.69, 9.17) is 0 Å². The summed E-state index contributed by atoms with van der Waals surface area (Å²) in [5, 5.41) is 7.98. The fourth-order valence-electron chi connectivity index (χ4n) is 1.16. The number of hydrogen-bond donors (Lipinski definition) is 2. The highest BCUT2D eigenvalue weighted by molar-refractivity contribution is 7.13. The molecular formula is C10H10N4OS. The molecule has 0 aliphatic rings. The zero-order chi connectivity index (χ0) is 11.4. The molecule has 2 rings (SSSR count). The zero-order valence-corrected chi connectivity index (χ0v) is 9.41. The molecule has 0 bridgehead atoms. The molecule has 0 saturated carbocycles. The predicted octanol–water partition coefficient (Wildman–Crippen LogP) is 1.83. The van der Waals surface area contributed by atoms with E-state index in [0.717, 1.165) is 0 Å². The number of amides is 1. The molecule has 16 heavy (non-hydrogen) atoms. The van der Waals surface area contributed by atoms with Gasteiger partial charge in [-0.15, -0.1) is 11.3 Å². The molecular weight excluding hydrogens is 224 g/mol. The first kappa shape index (κ1) is 10.6. The van der Waals surface area contributed by atoms with E-state index < -0.39 is 0 Å². The molecule has 5 nitrogen and oxygen atoms in total. The van der Waals surface area contributed by atoms with Gasteiger partial charge < -0.3 is 5.32 Å². The van der Waals surface area contributed by atoms with Crippen molar-refractivity contribution in [1.29, 1.82) is 0 Å². The minimum absolute atomic E-state index is 0.186. The minimum atomic E-state index is -0.186. The van der Waals surface area contributed by atoms with Crippen LogP contribution in [-0.4, -0.2) is 22.9 Å². The van der Waals surface area contributed by atoms with Gasteiger partial charge in [-0.3, -0.25) is 10.1 Å². The van der Waals surface area contributed by atoms with Crippen LogP contribution < -0.4 is 10.6 Å². The number of hydrogen-bond acceptors (Lipinski definition) is 5. The summed E-state index contributed by atoms with van der Waals surface area (Å²) in [6, 6.07) is 3.34. The van der Waals surface area contributed by atoms with Crippen LogP contribution in [-0.2, 0) is 0 Å². The van der Waals surface area contributed by atoms with Gasteiger partial charge in [0.2, 0.25) is 0 Å². The lowest BCUT2D eigenvalue weighted by Crippen LogP contribution is -2.12. The maximum absolute atomic E-state index is 11.8. The Labute approximate surface area is 96.6 Å². The molecule has 2 aromatic heterocycles. The monoisotopic (exact) mass is 234 g/mol. The van der Waals surface area contributed by atoms with Gasteiger partial charge in [0.25, 0.3) is 5.91 Å². The van der Waals surface area contributed by atoms with Crippen molar-refractivity contribution >= 4 is 28.2 Å². The van der Waals surface area contributed by atoms with Crippen LogP contribution in [0.3, 0.4) is 0 Å². The third-order valence-corrected chi connectivity index (χ3v) is 2.62. The summed E-state index contributed by atoms with van der Waals surface area (Å²) < 4.78 is 0. The molecule has 0 fully saturated rings. The topological polar surface area (TPSA) is 66.9 Å². The molecule has 82 valence electrons. The number of thiazole rings is 1. The molecule has 0 aliphatic carbocycles. The van der Waals surface area contributed by atoms with Crippen molar-refractivity contribution in [2.45, 2.75) is 0 Å². The summed E-state index contributed by atoms with van der Waals surface area (Å²) in [6.45, 7) is 0. The molecule has 1 amide bonds. The average Bonchev–Trinajstić information content (AvgIpc) is 2.82. The van der Waals surface area contributed by atoms with Crippen LogP contribution in [0.2, 0.25) is 0 Å². The lowest BCUT2D eigenvalue weighted by molar-refractivity contribution is 0.102. The third kappa shape index (κ3) is 2.34. The SMILES string of the molecule is CNc1cc(C(=O)Nc2nccs2)ccn1. The van der Waals surface area contributed by atoms with Gasteiger partial charge >= 0.3 is 0 Å². The lowest BCUT2D eigenvalue weighted by Gasteiger charge is -2.03. The molecule has 2 heterocycles. The summed E-state index contributed by atoms with van der Waals surface area (Å²) in [7, 11) is 1.75. The van der Waals surface area contributed by atoms with Crippen molar-refractivity contribution in [3.8, 4) is 0 Å². The largest absolute Gasteiger partial charge is 0.373 e. The van der Waals surface area contributed by atoms with Gasteiger partial charge in [-0.05, 0) is 12.1 Å². The molecule has 0 spiro atoms. The van der Waals surface area contributed by atoms with Gasteiger partial charge in [-0.2, -0.15) is 0 Å². The summed E-state index contributed by atoms with van der Waals surface area (Å²) in [5.41, 5.74) is 0.551. The normalized spacial score (nSPS) is 9.81. The Morgan fingerprint density at radius 1 is 1.38 bits per heavy atom. The highest BCUT2D eigenvalue weighted by Gasteiger charge is 2.07. The van der Waals surface area contributed by atoms with E-state index >= 15 is 0 Å². The average molecular weight is 234 g/mol. The van der Waals surface area contributed by atoms with Crippen molar-refractivity contribution in [3.05, 3.63) is 35.5 Å². The maximum Gasteiger partial charge on any atom is 0.257 e. The quantitative estimate of drug-likeness (QED) is 0.850. The first-order valence-corrected chi connectivity index (χ1v) is 5.52. The van der Waals surface area contributed by atoms with Crippen molar-refractivity contribution in [1.82, 2.24) is 9.97 Å². The smallest absolute Gasteiger partial charge is 0.257 e. The molecule has 0 radical (unpaired) electrons. The minimum Gasteiger partial charge on any atom is -0.373 e. The molecule has 6 heteroatoms. The Morgan fingerprint density at radius 3 is 2.94 bits per heavy atom. The lowest BCUT2D eigenvalue weighted by atomic mass is 10.2. The standard InChI is InChI=1S/C10H10N4OS/c1-11-8-6-7(2-3-12-8)9(15)14-10-13-4-5-16-10/h2-6H,1H3,(H,11,12)(H,13,14,15). The molecule has 0 saturated heterocycles. The second-order valence-electron chi connectivity index (χ2n) is 2.97. The number of carbonyl (C=O) groups excluding carboxylic acids is 1. The van der Waals surface area contributed by atoms with Gasteiger partial charge in [0, 0.05) is 30.4 Å². The highest BCUT2D eigenvalue weighted by Crippen LogP contribution is 2.13. The van der Waals surface area contributed by atoms with E-state index in [1.165, 1.54) is 11.3 Å². The van der Waals surface area contributed by atoms with Crippen LogP contribution in [0.15, 0.2) is 29.9 Å². The maximum atomic E-state index is 11.8. The Morgan fingerprint density at radius 2 is 2.25 bits per heavy atom. The van der Waals surface area contributed by atoms with Crippen molar-refractivity contribution in [3.63, 3.8) is 0 Å². The van der Waals surface area contributed by atoms with Crippen LogP contribution in [0.1, 0.15) is 10.4 Å². The van der Waals surface area contributed by atoms with Gasteiger partial charge in [-0.25, -0.2) is 9.97 Å². The third-order valence-electron chi connectivity index (χ3n) is 1.93. The van der Waals surface area contributed by atoms with Gasteiger partial charge in [0.1, 0.15) is 5.82 Å². The summed E-state index contributed by atoms with van der Waals surface area (Å²) in [5.74, 6) is 0.473. The summed E-state index contributed by atoms with van der Waals surface area (Å²) in [6.07, 6.45) is 3.23. The Balaban J connectivity index is 2.14. The molecule has 0 aliphatic heterocycles. The first-order chi connectivity index (χ1) is 7.79. The number of rotatable bonds is 3. The summed E-state index contributed by atoms with van der Waals surface area (Å²) in [4.78, 5) is 19.8. The van der Waals surface area contributed by atoms with E-state index in [0.29, 0.717) is 16.5 Å². The van der Waals surface area contributed by atoms with Crippen molar-refractivity contribution < 1.29 is 4.79 Å². The van der Waals surface area contributed by atoms with E-state index in [9.17, 15) is 4.79 Å². The highest BCUT2D eigenvalue weighted by atomic mass is 32.1. The Hall–Kier alpha value is -1.95. The van der Waals surface area contributed by atoms with Crippen LogP contribution in [0.5, 0.6) is 0 Å². The molecule has 2 N–H and O–H groups in total. The van der Waals surface area contributed by atoms with Crippen LogP contribution in [0, 0.1) is 0 Å².